The summed E-state index contributed by atoms with van der Waals surface area (Å²) in [4.78, 5) is 84.4. The Balaban J connectivity index is 1.81. The van der Waals surface area contributed by atoms with Crippen LogP contribution in [0.5, 0.6) is 0 Å². The highest BCUT2D eigenvalue weighted by molar-refractivity contribution is 6.24. The molecular formula is C23H13N5O10. The lowest BCUT2D eigenvalue weighted by Gasteiger charge is -2.29. The van der Waals surface area contributed by atoms with Crippen LogP contribution in [0.25, 0.3) is 0 Å². The van der Waals surface area contributed by atoms with E-state index in [2.05, 4.69) is 0 Å². The molecule has 1 aliphatic heterocycles. The normalized spacial score (nSPS) is 12.2. The van der Waals surface area contributed by atoms with E-state index in [-0.39, 0.29) is 16.3 Å². The van der Waals surface area contributed by atoms with Crippen molar-refractivity contribution in [3.05, 3.63) is 119 Å². The number of carbonyl (C=O) groups excluding carboxylic acids is 4. The minimum Gasteiger partial charge on any atom is -0.292 e. The summed E-state index contributed by atoms with van der Waals surface area (Å²) in [6, 6.07) is 12.1. The molecule has 15 heteroatoms. The Hall–Kier alpha value is -5.86. The van der Waals surface area contributed by atoms with Crippen LogP contribution in [0.2, 0.25) is 0 Å². The molecule has 0 bridgehead atoms. The van der Waals surface area contributed by atoms with Crippen molar-refractivity contribution >= 4 is 40.6 Å². The van der Waals surface area contributed by atoms with Crippen LogP contribution in [0.3, 0.4) is 0 Å². The van der Waals surface area contributed by atoms with Crippen molar-refractivity contribution in [2.45, 2.75) is 0 Å². The lowest BCUT2D eigenvalue weighted by atomic mass is 10.1. The number of nitro benzene ring substituents is 3. The number of hydrazine groups is 1. The number of hydrogen-bond donors (Lipinski definition) is 0. The van der Waals surface area contributed by atoms with Crippen LogP contribution in [-0.2, 0) is 0 Å². The molecule has 0 atom stereocenters. The Labute approximate surface area is 210 Å². The fourth-order valence-electron chi connectivity index (χ4n) is 3.81. The number of non-ortho nitro benzene ring substituents is 1. The van der Waals surface area contributed by atoms with Gasteiger partial charge in [0.15, 0.2) is 5.78 Å². The predicted octanol–water partition coefficient (Wildman–Crippen LogP) is 2.95. The molecule has 3 aromatic carbocycles. The highest BCUT2D eigenvalue weighted by atomic mass is 16.6. The van der Waals surface area contributed by atoms with Crippen LogP contribution in [0, 0.1) is 30.3 Å². The Bertz CT molecular complexity index is 1570. The van der Waals surface area contributed by atoms with E-state index in [0.717, 1.165) is 54.6 Å². The average Bonchev–Trinajstić information content (AvgIpc) is 3.16. The van der Waals surface area contributed by atoms with Crippen LogP contribution >= 0.6 is 0 Å². The van der Waals surface area contributed by atoms with Crippen molar-refractivity contribution in [1.82, 2.24) is 10.0 Å². The molecule has 3 aromatic rings. The van der Waals surface area contributed by atoms with Crippen LogP contribution in [0.15, 0.2) is 66.7 Å². The fraction of sp³-hybridized carbons (Fsp3) is 0.0435. The monoisotopic (exact) mass is 519 g/mol. The number of nitro groups is 3. The zero-order valence-corrected chi connectivity index (χ0v) is 18.9. The number of Topliss-reactive ketones (excluding diaryl/α,β-unsaturated/α-hetero) is 1. The first-order valence-electron chi connectivity index (χ1n) is 10.5. The van der Waals surface area contributed by atoms with Crippen LogP contribution in [-0.4, -0.2) is 54.8 Å². The summed E-state index contributed by atoms with van der Waals surface area (Å²) in [6.45, 7) is -1.01. The quantitative estimate of drug-likeness (QED) is 0.184. The third-order valence-corrected chi connectivity index (χ3v) is 5.57. The van der Waals surface area contributed by atoms with Gasteiger partial charge in [0.2, 0.25) is 0 Å². The third kappa shape index (κ3) is 4.30. The summed E-state index contributed by atoms with van der Waals surface area (Å²) >= 11 is 0. The first kappa shape index (κ1) is 25.2. The maximum atomic E-state index is 13.5. The van der Waals surface area contributed by atoms with Crippen molar-refractivity contribution < 1.29 is 33.9 Å². The zero-order valence-electron chi connectivity index (χ0n) is 18.9. The second kappa shape index (κ2) is 9.65. The molecule has 4 rings (SSSR count). The van der Waals surface area contributed by atoms with Gasteiger partial charge in [0.1, 0.15) is 17.7 Å². The number of fused-ring (bicyclic) bond motifs is 1. The number of imide groups is 1. The number of para-hydroxylation sites is 1. The minimum absolute atomic E-state index is 0.140. The number of hydrogen-bond acceptors (Lipinski definition) is 10. The predicted molar refractivity (Wildman–Crippen MR) is 125 cm³/mol. The number of benzene rings is 3. The minimum atomic E-state index is -1.29. The number of amides is 3. The van der Waals surface area contributed by atoms with Gasteiger partial charge in [-0.25, -0.2) is 5.01 Å². The van der Waals surface area contributed by atoms with Gasteiger partial charge in [-0.1, -0.05) is 18.2 Å². The van der Waals surface area contributed by atoms with Crippen LogP contribution in [0.4, 0.5) is 17.1 Å². The summed E-state index contributed by atoms with van der Waals surface area (Å²) in [5, 5.41) is 34.5. The number of nitrogens with zero attached hydrogens (tertiary/aromatic N) is 5. The SMILES string of the molecule is O=C(CN(C(=O)c1ccccc1[N+](=O)[O-])N1C(=O)c2cccc([N+](=O)[O-])c2C1=O)c1ccc([N+](=O)[O-])cc1. The molecule has 190 valence electrons. The molecule has 0 N–H and O–H groups in total. The average molecular weight is 519 g/mol. The molecule has 0 aromatic heterocycles. The van der Waals surface area contributed by atoms with Crippen molar-refractivity contribution in [1.29, 1.82) is 0 Å². The Kier molecular flexibility index (Phi) is 6.41. The van der Waals surface area contributed by atoms with E-state index in [1.165, 1.54) is 12.1 Å². The molecular weight excluding hydrogens is 506 g/mol. The van der Waals surface area contributed by atoms with Gasteiger partial charge < -0.3 is 0 Å². The first-order valence-corrected chi connectivity index (χ1v) is 10.5. The van der Waals surface area contributed by atoms with Gasteiger partial charge in [-0.2, -0.15) is 5.01 Å². The highest BCUT2D eigenvalue weighted by Gasteiger charge is 2.46. The number of carbonyl (C=O) groups is 4. The van der Waals surface area contributed by atoms with Crippen LogP contribution in [0.1, 0.15) is 41.4 Å². The molecule has 1 heterocycles. The first-order chi connectivity index (χ1) is 18.0. The van der Waals surface area contributed by atoms with E-state index >= 15 is 0 Å². The van der Waals surface area contributed by atoms with Crippen molar-refractivity contribution in [3.63, 3.8) is 0 Å². The van der Waals surface area contributed by atoms with E-state index in [9.17, 15) is 49.5 Å². The summed E-state index contributed by atoms with van der Waals surface area (Å²) in [5.74, 6) is -4.64. The summed E-state index contributed by atoms with van der Waals surface area (Å²) in [7, 11) is 0. The summed E-state index contributed by atoms with van der Waals surface area (Å²) in [5.41, 5.74) is -3.48. The summed E-state index contributed by atoms with van der Waals surface area (Å²) in [6.07, 6.45) is 0. The van der Waals surface area contributed by atoms with Crippen molar-refractivity contribution in [2.75, 3.05) is 6.54 Å². The lowest BCUT2D eigenvalue weighted by Crippen LogP contribution is -2.51. The van der Waals surface area contributed by atoms with Crippen molar-refractivity contribution in [2.24, 2.45) is 0 Å². The molecule has 0 saturated carbocycles. The van der Waals surface area contributed by atoms with Crippen molar-refractivity contribution in [3.8, 4) is 0 Å². The molecule has 15 nitrogen and oxygen atoms in total. The zero-order chi connectivity index (χ0) is 27.7. The van der Waals surface area contributed by atoms with E-state index in [4.69, 9.17) is 0 Å². The molecule has 0 saturated heterocycles. The van der Waals surface area contributed by atoms with E-state index in [1.807, 2.05) is 0 Å². The maximum Gasteiger partial charge on any atom is 0.287 e. The van der Waals surface area contributed by atoms with Gasteiger partial charge in [-0.05, 0) is 24.3 Å². The number of ketones is 1. The number of rotatable bonds is 8. The molecule has 1 aliphatic rings. The third-order valence-electron chi connectivity index (χ3n) is 5.57. The Morgan fingerprint density at radius 3 is 1.95 bits per heavy atom. The van der Waals surface area contributed by atoms with Gasteiger partial charge in [0.25, 0.3) is 34.8 Å². The molecule has 0 aliphatic carbocycles. The molecule has 0 unspecified atom stereocenters. The van der Waals surface area contributed by atoms with E-state index in [1.54, 1.807) is 0 Å². The molecule has 0 radical (unpaired) electrons. The molecule has 38 heavy (non-hydrogen) atoms. The Morgan fingerprint density at radius 1 is 0.737 bits per heavy atom. The largest absolute Gasteiger partial charge is 0.292 e. The summed E-state index contributed by atoms with van der Waals surface area (Å²) < 4.78 is 0. The molecule has 3 amide bonds. The highest BCUT2D eigenvalue weighted by Crippen LogP contribution is 2.33. The smallest absolute Gasteiger partial charge is 0.287 e. The second-order valence-corrected chi connectivity index (χ2v) is 7.74. The second-order valence-electron chi connectivity index (χ2n) is 7.74. The Morgan fingerprint density at radius 2 is 1.34 bits per heavy atom. The fourth-order valence-corrected chi connectivity index (χ4v) is 3.81. The molecule has 0 fully saturated rings. The molecule has 0 spiro atoms. The van der Waals surface area contributed by atoms with Gasteiger partial charge in [-0.3, -0.25) is 49.5 Å². The van der Waals surface area contributed by atoms with Gasteiger partial charge >= 0.3 is 0 Å². The van der Waals surface area contributed by atoms with Gasteiger partial charge in [-0.15, -0.1) is 0 Å². The lowest BCUT2D eigenvalue weighted by molar-refractivity contribution is -0.385. The maximum absolute atomic E-state index is 13.5. The van der Waals surface area contributed by atoms with E-state index in [0.29, 0.717) is 5.01 Å². The topological polar surface area (TPSA) is 204 Å². The standard InChI is InChI=1S/C23H13N5O10/c29-19(13-8-10-14(11-9-13)26(33)34)12-24(21(30)15-4-1-2-6-17(15)27(35)36)25-22(31)16-5-3-7-18(28(37)38)20(16)23(25)32/h1-11H,12H2. The van der Waals surface area contributed by atoms with E-state index < -0.39 is 72.9 Å². The van der Waals surface area contributed by atoms with Crippen LogP contribution < -0.4 is 0 Å². The van der Waals surface area contributed by atoms with Gasteiger partial charge in [0.05, 0.1) is 20.3 Å². The van der Waals surface area contributed by atoms with Gasteiger partial charge in [0, 0.05) is 29.8 Å².